The fourth-order valence-electron chi connectivity index (χ4n) is 5.26. The minimum absolute atomic E-state index is 0.361. The van der Waals surface area contributed by atoms with Crippen LogP contribution in [0.5, 0.6) is 0 Å². The standard InChI is InChI=1S/C19H28O7/c1-21-16(20)14-12-13(24-18(23-12)8-4-2-5-9-18)15-17(22-14)26-19(25-15)10-6-3-7-11-19/h12-15,17H,2-11H2,1H3/t12-,13+,14+,15-,17+/m1/s1. The maximum absolute atomic E-state index is 12.4. The van der Waals surface area contributed by atoms with Crippen LogP contribution in [-0.4, -0.2) is 55.4 Å². The highest BCUT2D eigenvalue weighted by atomic mass is 16.9. The maximum Gasteiger partial charge on any atom is 0.337 e. The smallest absolute Gasteiger partial charge is 0.337 e. The molecule has 0 unspecified atom stereocenters. The zero-order valence-corrected chi connectivity index (χ0v) is 15.3. The Morgan fingerprint density at radius 1 is 0.769 bits per heavy atom. The zero-order valence-electron chi connectivity index (χ0n) is 15.3. The molecule has 7 heteroatoms. The molecule has 146 valence electrons. The lowest BCUT2D eigenvalue weighted by atomic mass is 9.94. The van der Waals surface area contributed by atoms with Crippen molar-refractivity contribution >= 4 is 5.97 Å². The van der Waals surface area contributed by atoms with E-state index in [1.165, 1.54) is 20.0 Å². The van der Waals surface area contributed by atoms with Crippen LogP contribution in [0.1, 0.15) is 64.2 Å². The van der Waals surface area contributed by atoms with Crippen molar-refractivity contribution in [3.63, 3.8) is 0 Å². The van der Waals surface area contributed by atoms with E-state index < -0.39 is 36.0 Å². The molecule has 5 fully saturated rings. The Bertz CT molecular complexity index is 552. The van der Waals surface area contributed by atoms with Crippen molar-refractivity contribution in [1.82, 2.24) is 0 Å². The lowest BCUT2D eigenvalue weighted by Crippen LogP contribution is -2.57. The van der Waals surface area contributed by atoms with Gasteiger partial charge in [-0.15, -0.1) is 0 Å². The lowest BCUT2D eigenvalue weighted by molar-refractivity contribution is -0.251. The van der Waals surface area contributed by atoms with Gasteiger partial charge in [0, 0.05) is 25.7 Å². The van der Waals surface area contributed by atoms with Crippen LogP contribution in [0.3, 0.4) is 0 Å². The van der Waals surface area contributed by atoms with E-state index >= 15 is 0 Å². The van der Waals surface area contributed by atoms with Gasteiger partial charge < -0.3 is 28.4 Å². The van der Waals surface area contributed by atoms with Crippen LogP contribution in [-0.2, 0) is 33.2 Å². The van der Waals surface area contributed by atoms with Crippen molar-refractivity contribution in [1.29, 1.82) is 0 Å². The van der Waals surface area contributed by atoms with E-state index in [0.29, 0.717) is 0 Å². The van der Waals surface area contributed by atoms with E-state index in [1.807, 2.05) is 0 Å². The first-order valence-corrected chi connectivity index (χ1v) is 10.1. The Kier molecular flexibility index (Phi) is 4.29. The fourth-order valence-corrected chi connectivity index (χ4v) is 5.26. The molecule has 0 amide bonds. The second-order valence-corrected chi connectivity index (χ2v) is 8.26. The van der Waals surface area contributed by atoms with Crippen LogP contribution in [0.25, 0.3) is 0 Å². The number of hydrogen-bond donors (Lipinski definition) is 0. The number of fused-ring (bicyclic) bond motifs is 3. The molecule has 0 aromatic rings. The number of ether oxygens (including phenoxy) is 6. The Morgan fingerprint density at radius 2 is 1.31 bits per heavy atom. The molecule has 0 aromatic carbocycles. The molecule has 5 atom stereocenters. The molecule has 3 aliphatic heterocycles. The monoisotopic (exact) mass is 368 g/mol. The van der Waals surface area contributed by atoms with E-state index in [9.17, 15) is 4.79 Å². The average molecular weight is 368 g/mol. The van der Waals surface area contributed by atoms with E-state index in [0.717, 1.165) is 51.4 Å². The van der Waals surface area contributed by atoms with Crippen molar-refractivity contribution in [3.8, 4) is 0 Å². The first-order valence-electron chi connectivity index (χ1n) is 10.1. The third-order valence-electron chi connectivity index (χ3n) is 6.54. The van der Waals surface area contributed by atoms with Gasteiger partial charge in [-0.05, 0) is 25.7 Å². The highest BCUT2D eigenvalue weighted by molar-refractivity contribution is 5.75. The van der Waals surface area contributed by atoms with Gasteiger partial charge in [0.2, 0.25) is 0 Å². The summed E-state index contributed by atoms with van der Waals surface area (Å²) in [6.07, 6.45) is 7.40. The minimum atomic E-state index is -0.838. The molecule has 5 aliphatic rings. The maximum atomic E-state index is 12.4. The molecule has 0 aromatic heterocycles. The summed E-state index contributed by atoms with van der Waals surface area (Å²) in [5, 5.41) is 0. The van der Waals surface area contributed by atoms with Crippen molar-refractivity contribution in [2.75, 3.05) is 7.11 Å². The number of carbonyl (C=O) groups excluding carboxylic acids is 1. The highest BCUT2D eigenvalue weighted by Gasteiger charge is 2.65. The van der Waals surface area contributed by atoms with Gasteiger partial charge in [0.05, 0.1) is 7.11 Å². The number of hydrogen-bond acceptors (Lipinski definition) is 7. The quantitative estimate of drug-likeness (QED) is 0.658. The predicted molar refractivity (Wildman–Crippen MR) is 88.0 cm³/mol. The van der Waals surface area contributed by atoms with Gasteiger partial charge in [-0.1, -0.05) is 12.8 Å². The molecule has 26 heavy (non-hydrogen) atoms. The van der Waals surface area contributed by atoms with Crippen molar-refractivity contribution in [2.45, 2.75) is 106 Å². The molecule has 3 heterocycles. The zero-order chi connectivity index (χ0) is 17.8. The van der Waals surface area contributed by atoms with Gasteiger partial charge in [-0.2, -0.15) is 0 Å². The van der Waals surface area contributed by atoms with E-state index in [1.54, 1.807) is 0 Å². The number of rotatable bonds is 1. The topological polar surface area (TPSA) is 72.5 Å². The second-order valence-electron chi connectivity index (χ2n) is 8.26. The van der Waals surface area contributed by atoms with Crippen LogP contribution in [0, 0.1) is 0 Å². The Balaban J connectivity index is 1.43. The van der Waals surface area contributed by atoms with Crippen molar-refractivity contribution in [2.24, 2.45) is 0 Å². The Morgan fingerprint density at radius 3 is 1.92 bits per heavy atom. The van der Waals surface area contributed by atoms with E-state index in [2.05, 4.69) is 0 Å². The van der Waals surface area contributed by atoms with Crippen LogP contribution >= 0.6 is 0 Å². The molecular weight excluding hydrogens is 340 g/mol. The van der Waals surface area contributed by atoms with Gasteiger partial charge in [0.1, 0.15) is 18.3 Å². The molecule has 5 rings (SSSR count). The minimum Gasteiger partial charge on any atom is -0.467 e. The van der Waals surface area contributed by atoms with Crippen molar-refractivity contribution in [3.05, 3.63) is 0 Å². The summed E-state index contributed by atoms with van der Waals surface area (Å²) in [6, 6.07) is 0. The summed E-state index contributed by atoms with van der Waals surface area (Å²) in [5.74, 6) is -1.67. The normalized spacial score (nSPS) is 43.2. The summed E-state index contributed by atoms with van der Waals surface area (Å²) >= 11 is 0. The summed E-state index contributed by atoms with van der Waals surface area (Å²) in [4.78, 5) is 12.4. The Hall–Kier alpha value is -0.730. The lowest BCUT2D eigenvalue weighted by Gasteiger charge is -2.35. The molecular formula is C19H28O7. The summed E-state index contributed by atoms with van der Waals surface area (Å²) in [7, 11) is 1.37. The highest BCUT2D eigenvalue weighted by Crippen LogP contribution is 2.50. The number of methoxy groups -OCH3 is 1. The second kappa shape index (κ2) is 6.41. The fraction of sp³-hybridized carbons (Fsp3) is 0.947. The molecule has 7 nitrogen and oxygen atoms in total. The van der Waals surface area contributed by atoms with Crippen molar-refractivity contribution < 1.29 is 33.2 Å². The van der Waals surface area contributed by atoms with Crippen LogP contribution < -0.4 is 0 Å². The molecule has 0 bridgehead atoms. The number of esters is 1. The summed E-state index contributed by atoms with van der Waals surface area (Å²) in [6.45, 7) is 0. The van der Waals surface area contributed by atoms with Crippen LogP contribution in [0.4, 0.5) is 0 Å². The average Bonchev–Trinajstić information content (AvgIpc) is 3.19. The molecule has 2 spiro atoms. The van der Waals surface area contributed by atoms with Gasteiger partial charge in [-0.3, -0.25) is 0 Å². The molecule has 2 saturated carbocycles. The van der Waals surface area contributed by atoms with E-state index in [4.69, 9.17) is 28.4 Å². The van der Waals surface area contributed by atoms with Gasteiger partial charge >= 0.3 is 5.97 Å². The summed E-state index contributed by atoms with van der Waals surface area (Å²) < 4.78 is 36.4. The van der Waals surface area contributed by atoms with Gasteiger partial charge in [0.25, 0.3) is 0 Å². The SMILES string of the molecule is COC(=O)[C@H]1O[C@H]2OC3(CCCCC3)O[C@@H]2[C@H]2OC3(CCCCC3)O[C@H]21. The number of carbonyl (C=O) groups is 1. The van der Waals surface area contributed by atoms with Crippen LogP contribution in [0.2, 0.25) is 0 Å². The van der Waals surface area contributed by atoms with Gasteiger partial charge in [0.15, 0.2) is 24.0 Å². The Labute approximate surface area is 153 Å². The van der Waals surface area contributed by atoms with Crippen LogP contribution in [0.15, 0.2) is 0 Å². The molecule has 0 radical (unpaired) electrons. The largest absolute Gasteiger partial charge is 0.467 e. The molecule has 0 N–H and O–H groups in total. The third-order valence-corrected chi connectivity index (χ3v) is 6.54. The summed E-state index contributed by atoms with van der Waals surface area (Å²) in [5.41, 5.74) is 0. The predicted octanol–water partition coefficient (Wildman–Crippen LogP) is 2.40. The first-order chi connectivity index (χ1) is 12.6. The molecule has 3 saturated heterocycles. The van der Waals surface area contributed by atoms with Gasteiger partial charge in [-0.25, -0.2) is 4.79 Å². The first kappa shape index (κ1) is 17.4. The van der Waals surface area contributed by atoms with E-state index in [-0.39, 0.29) is 12.2 Å². The molecule has 2 aliphatic carbocycles. The third kappa shape index (κ3) is 2.71.